The highest BCUT2D eigenvalue weighted by Gasteiger charge is 2.97. The second-order valence-corrected chi connectivity index (χ2v) is 8.09. The Morgan fingerprint density at radius 1 is 0.439 bits per heavy atom. The predicted molar refractivity (Wildman–Crippen MR) is 90.6 cm³/mol. The first-order valence-electron chi connectivity index (χ1n) is 9.79. The summed E-state index contributed by atoms with van der Waals surface area (Å²) in [6, 6.07) is 4.87. The van der Waals surface area contributed by atoms with Crippen LogP contribution in [0.4, 0.5) is 92.2 Å². The maximum Gasteiger partial charge on any atom is 0.460 e. The van der Waals surface area contributed by atoms with E-state index >= 15 is 0 Å². The summed E-state index contributed by atoms with van der Waals surface area (Å²) in [7, 11) is 0. The van der Waals surface area contributed by atoms with E-state index in [0.29, 0.717) is 0 Å². The van der Waals surface area contributed by atoms with Crippen molar-refractivity contribution >= 4 is 5.78 Å². The number of carbonyl (C=O) groups excluding carboxylic acids is 1. The Hall–Kier alpha value is -2.58. The summed E-state index contributed by atoms with van der Waals surface area (Å²) in [4.78, 5) is 11.7. The lowest BCUT2D eigenvalue weighted by Gasteiger charge is -2.44. The van der Waals surface area contributed by atoms with Gasteiger partial charge in [0.2, 0.25) is 0 Å². The maximum absolute atomic E-state index is 13.9. The fourth-order valence-corrected chi connectivity index (χ4v) is 2.79. The molecule has 0 fully saturated rings. The average Bonchev–Trinajstić information content (AvgIpc) is 2.81. The molecule has 22 heteroatoms. The van der Waals surface area contributed by atoms with Gasteiger partial charge < -0.3 is 0 Å². The van der Waals surface area contributed by atoms with E-state index in [2.05, 4.69) is 0 Å². The molecule has 0 spiro atoms. The van der Waals surface area contributed by atoms with Crippen LogP contribution in [-0.4, -0.2) is 65.3 Å². The first kappa shape index (κ1) is 36.4. The van der Waals surface area contributed by atoms with Gasteiger partial charge in [-0.2, -0.15) is 92.2 Å². The highest BCUT2D eigenvalue weighted by Crippen LogP contribution is 2.66. The Balaban J connectivity index is 3.59. The van der Waals surface area contributed by atoms with Gasteiger partial charge in [0.15, 0.2) is 5.78 Å². The van der Waals surface area contributed by atoms with Gasteiger partial charge in [0.05, 0.1) is 0 Å². The van der Waals surface area contributed by atoms with Crippen LogP contribution in [-0.2, 0) is 0 Å². The predicted octanol–water partition coefficient (Wildman–Crippen LogP) is 8.93. The van der Waals surface area contributed by atoms with Crippen molar-refractivity contribution in [2.24, 2.45) is 0 Å². The summed E-state index contributed by atoms with van der Waals surface area (Å²) in [5, 5.41) is 0. The van der Waals surface area contributed by atoms with E-state index in [0.717, 1.165) is 24.3 Å². The van der Waals surface area contributed by atoms with E-state index in [4.69, 9.17) is 0 Å². The Kier molecular flexibility index (Phi) is 8.90. The fraction of sp³-hybridized carbons (Fsp3) is 0.632. The lowest BCUT2D eigenvalue weighted by atomic mass is 9.85. The molecule has 1 rings (SSSR count). The van der Waals surface area contributed by atoms with E-state index < -0.39 is 83.7 Å². The van der Waals surface area contributed by atoms with Gasteiger partial charge in [0.1, 0.15) is 0 Å². The number of carbonyl (C=O) groups is 1. The van der Waals surface area contributed by atoms with Gasteiger partial charge in [-0.15, -0.1) is 0 Å². The minimum atomic E-state index is -9.21. The van der Waals surface area contributed by atoms with Crippen molar-refractivity contribution in [3.63, 3.8) is 0 Å². The van der Waals surface area contributed by atoms with E-state index in [1.54, 1.807) is 0 Å². The molecule has 1 aromatic carbocycles. The van der Waals surface area contributed by atoms with Crippen LogP contribution in [0.15, 0.2) is 30.3 Å². The molecule has 0 N–H and O–H groups in total. The number of alkyl halides is 21. The zero-order valence-electron chi connectivity index (χ0n) is 18.6. The number of benzene rings is 1. The second kappa shape index (κ2) is 10.0. The Morgan fingerprint density at radius 3 is 1.05 bits per heavy atom. The van der Waals surface area contributed by atoms with Gasteiger partial charge in [-0.25, -0.2) is 0 Å². The molecule has 0 unspecified atom stereocenters. The topological polar surface area (TPSA) is 17.1 Å². The molecule has 1 nitrogen and oxygen atoms in total. The quantitative estimate of drug-likeness (QED) is 0.163. The Labute approximate surface area is 212 Å². The molecule has 0 aromatic heterocycles. The van der Waals surface area contributed by atoms with Crippen molar-refractivity contribution in [2.75, 3.05) is 0 Å². The molecule has 0 aliphatic heterocycles. The van der Waals surface area contributed by atoms with Crippen molar-refractivity contribution in [3.8, 4) is 0 Å². The molecule has 0 saturated carbocycles. The number of ketones is 1. The lowest BCUT2D eigenvalue weighted by Crippen LogP contribution is -2.76. The molecule has 1 aromatic rings. The lowest BCUT2D eigenvalue weighted by molar-refractivity contribution is -0.474. The first-order chi connectivity index (χ1) is 17.7. The number of Topliss-reactive ketones (excluding diaryl/α,β-unsaturated/α-hetero) is 1. The summed E-state index contributed by atoms with van der Waals surface area (Å²) in [5.74, 6) is -79.0. The largest absolute Gasteiger partial charge is 0.460 e. The molecule has 41 heavy (non-hydrogen) atoms. The van der Waals surface area contributed by atoms with E-state index in [9.17, 15) is 97.0 Å². The number of hydrogen-bond donors (Lipinski definition) is 0. The molecule has 0 amide bonds. The summed E-state index contributed by atoms with van der Waals surface area (Å²) >= 11 is 0. The zero-order chi connectivity index (χ0) is 33.1. The minimum Gasteiger partial charge on any atom is -0.294 e. The van der Waals surface area contributed by atoms with Gasteiger partial charge in [-0.05, 0) is 0 Å². The smallest absolute Gasteiger partial charge is 0.294 e. The molecular weight excluding hydrogens is 643 g/mol. The van der Waals surface area contributed by atoms with Crippen LogP contribution in [0, 0.1) is 0 Å². The number of hydrogen-bond acceptors (Lipinski definition) is 1. The molecule has 0 saturated heterocycles. The molecule has 0 aliphatic rings. The third-order valence-corrected chi connectivity index (χ3v) is 5.34. The van der Waals surface area contributed by atoms with Crippen LogP contribution >= 0.6 is 0 Å². The molecule has 238 valence electrons. The summed E-state index contributed by atoms with van der Waals surface area (Å²) in [5.41, 5.74) is -0.603. The summed E-state index contributed by atoms with van der Waals surface area (Å²) in [6.07, 6.45) is -12.9. The fourth-order valence-electron chi connectivity index (χ4n) is 2.79. The zero-order valence-corrected chi connectivity index (χ0v) is 18.6. The van der Waals surface area contributed by atoms with Crippen LogP contribution in [0.25, 0.3) is 0 Å². The van der Waals surface area contributed by atoms with Gasteiger partial charge >= 0.3 is 59.5 Å². The molecule has 0 atom stereocenters. The minimum absolute atomic E-state index is 0.603. The number of halogens is 21. The van der Waals surface area contributed by atoms with Crippen molar-refractivity contribution in [1.82, 2.24) is 0 Å². The van der Waals surface area contributed by atoms with Gasteiger partial charge in [0.25, 0.3) is 0 Å². The van der Waals surface area contributed by atoms with Crippen molar-refractivity contribution in [2.45, 2.75) is 72.3 Å². The first-order valence-corrected chi connectivity index (χ1v) is 9.79. The standard InChI is InChI=1S/C19H9F21O/c20-10(21,7-6-9(41)8-4-2-1-3-5-8)11(22,23)12(24,25)13(26,27)14(28,29)15(30,31)16(32,33)17(34,35)18(36,37)19(38,39)40/h1-5H,6-7H2. The van der Waals surface area contributed by atoms with Crippen molar-refractivity contribution in [1.29, 1.82) is 0 Å². The Bertz CT molecular complexity index is 1090. The van der Waals surface area contributed by atoms with Gasteiger partial charge in [-0.1, -0.05) is 30.3 Å². The second-order valence-electron chi connectivity index (χ2n) is 8.09. The molecular formula is C19H9F21O. The van der Waals surface area contributed by atoms with Gasteiger partial charge in [0, 0.05) is 18.4 Å². The molecule has 0 radical (unpaired) electrons. The highest BCUT2D eigenvalue weighted by molar-refractivity contribution is 5.96. The number of rotatable bonds is 12. The summed E-state index contributed by atoms with van der Waals surface area (Å²) < 4.78 is 280. The van der Waals surface area contributed by atoms with Crippen LogP contribution < -0.4 is 0 Å². The average molecular weight is 652 g/mol. The maximum atomic E-state index is 13.9. The van der Waals surface area contributed by atoms with Crippen LogP contribution in [0.3, 0.4) is 0 Å². The molecule has 0 aliphatic carbocycles. The van der Waals surface area contributed by atoms with E-state index in [-0.39, 0.29) is 0 Å². The van der Waals surface area contributed by atoms with E-state index in [1.165, 1.54) is 6.07 Å². The van der Waals surface area contributed by atoms with Crippen LogP contribution in [0.1, 0.15) is 23.2 Å². The highest BCUT2D eigenvalue weighted by atomic mass is 19.4. The van der Waals surface area contributed by atoms with E-state index in [1.807, 2.05) is 0 Å². The third-order valence-electron chi connectivity index (χ3n) is 5.34. The van der Waals surface area contributed by atoms with Crippen LogP contribution in [0.5, 0.6) is 0 Å². The normalized spacial score (nSPS) is 15.7. The van der Waals surface area contributed by atoms with Gasteiger partial charge in [-0.3, -0.25) is 4.79 Å². The van der Waals surface area contributed by atoms with Crippen LogP contribution in [0.2, 0.25) is 0 Å². The summed E-state index contributed by atoms with van der Waals surface area (Å²) in [6.45, 7) is 0. The molecule has 0 heterocycles. The monoisotopic (exact) mass is 652 g/mol. The Morgan fingerprint density at radius 2 is 0.732 bits per heavy atom. The third kappa shape index (κ3) is 5.05. The molecule has 0 bridgehead atoms. The van der Waals surface area contributed by atoms with Crippen molar-refractivity contribution < 1.29 is 97.0 Å². The van der Waals surface area contributed by atoms with Crippen molar-refractivity contribution in [3.05, 3.63) is 35.9 Å². The SMILES string of the molecule is O=C(CCC(F)(F)C(F)(F)C(F)(F)C(F)(F)C(F)(F)C(F)(F)C(F)(F)C(F)(F)C(F)(F)C(F)(F)F)c1ccccc1.